The monoisotopic (exact) mass is 265 g/mol. The van der Waals surface area contributed by atoms with Gasteiger partial charge in [-0.2, -0.15) is 0 Å². The first-order chi connectivity index (χ1) is 9.20. The molecular formula is C16H24FNO. The highest BCUT2D eigenvalue weighted by atomic mass is 19.1. The molecule has 3 heteroatoms. The Morgan fingerprint density at radius 2 is 2.32 bits per heavy atom. The van der Waals surface area contributed by atoms with Gasteiger partial charge in [0.2, 0.25) is 0 Å². The Kier molecular flexibility index (Phi) is 5.34. The van der Waals surface area contributed by atoms with Crippen molar-refractivity contribution in [3.05, 3.63) is 35.1 Å². The lowest BCUT2D eigenvalue weighted by atomic mass is 9.97. The third-order valence-electron chi connectivity index (χ3n) is 3.92. The van der Waals surface area contributed by atoms with Gasteiger partial charge < -0.3 is 10.1 Å². The number of halogens is 1. The Hall–Kier alpha value is -0.930. The Morgan fingerprint density at radius 1 is 1.47 bits per heavy atom. The largest absolute Gasteiger partial charge is 0.378 e. The lowest BCUT2D eigenvalue weighted by molar-refractivity contribution is 0.101. The molecule has 0 radical (unpaired) electrons. The van der Waals surface area contributed by atoms with E-state index in [2.05, 4.69) is 5.32 Å². The molecule has 1 saturated heterocycles. The summed E-state index contributed by atoms with van der Waals surface area (Å²) < 4.78 is 19.5. The van der Waals surface area contributed by atoms with Gasteiger partial charge in [-0.25, -0.2) is 4.39 Å². The van der Waals surface area contributed by atoms with E-state index in [4.69, 9.17) is 4.74 Å². The number of aryl methyl sites for hydroxylation is 1. The maximum Gasteiger partial charge on any atom is 0.127 e. The summed E-state index contributed by atoms with van der Waals surface area (Å²) in [6.45, 7) is 2.91. The topological polar surface area (TPSA) is 21.3 Å². The van der Waals surface area contributed by atoms with Gasteiger partial charge in [0.05, 0.1) is 6.10 Å². The Balaban J connectivity index is 1.89. The number of rotatable bonds is 6. The summed E-state index contributed by atoms with van der Waals surface area (Å²) in [6, 6.07) is 5.43. The molecule has 1 fully saturated rings. The molecule has 0 spiro atoms. The van der Waals surface area contributed by atoms with Gasteiger partial charge in [-0.3, -0.25) is 0 Å². The Bertz CT molecular complexity index is 402. The number of hydrogen-bond acceptors (Lipinski definition) is 2. The molecule has 1 heterocycles. The second kappa shape index (κ2) is 7.01. The first-order valence-corrected chi connectivity index (χ1v) is 7.25. The minimum absolute atomic E-state index is 0.0984. The molecule has 0 aliphatic carbocycles. The van der Waals surface area contributed by atoms with Crippen LogP contribution in [-0.4, -0.2) is 19.8 Å². The van der Waals surface area contributed by atoms with Crippen LogP contribution in [-0.2, 0) is 4.74 Å². The van der Waals surface area contributed by atoms with Crippen LogP contribution in [0.25, 0.3) is 0 Å². The van der Waals surface area contributed by atoms with Crippen molar-refractivity contribution in [3.8, 4) is 0 Å². The van der Waals surface area contributed by atoms with Crippen LogP contribution in [0.15, 0.2) is 18.2 Å². The van der Waals surface area contributed by atoms with E-state index < -0.39 is 0 Å². The summed E-state index contributed by atoms with van der Waals surface area (Å²) in [6.07, 6.45) is 5.92. The zero-order valence-corrected chi connectivity index (χ0v) is 11.9. The molecule has 2 unspecified atom stereocenters. The fraction of sp³-hybridized carbons (Fsp3) is 0.625. The van der Waals surface area contributed by atoms with Gasteiger partial charge in [0.25, 0.3) is 0 Å². The Morgan fingerprint density at radius 3 is 3.00 bits per heavy atom. The van der Waals surface area contributed by atoms with Crippen LogP contribution in [0.3, 0.4) is 0 Å². The van der Waals surface area contributed by atoms with Crippen LogP contribution in [0.1, 0.15) is 49.3 Å². The fourth-order valence-electron chi connectivity index (χ4n) is 2.81. The van der Waals surface area contributed by atoms with Crippen molar-refractivity contribution in [2.75, 3.05) is 13.7 Å². The second-order valence-electron chi connectivity index (χ2n) is 5.43. The SMILES string of the molecule is CNC(CCCC1CCCO1)c1cc(C)ccc1F. The molecule has 1 N–H and O–H groups in total. The molecule has 2 atom stereocenters. The van der Waals surface area contributed by atoms with Crippen LogP contribution in [0, 0.1) is 12.7 Å². The molecule has 2 nitrogen and oxygen atoms in total. The van der Waals surface area contributed by atoms with E-state index in [-0.39, 0.29) is 11.9 Å². The first kappa shape index (κ1) is 14.5. The van der Waals surface area contributed by atoms with Gasteiger partial charge in [0, 0.05) is 18.2 Å². The zero-order valence-electron chi connectivity index (χ0n) is 11.9. The van der Waals surface area contributed by atoms with Crippen LogP contribution in [0.4, 0.5) is 4.39 Å². The number of ether oxygens (including phenoxy) is 1. The van der Waals surface area contributed by atoms with E-state index >= 15 is 0 Å². The van der Waals surface area contributed by atoms with E-state index in [0.717, 1.165) is 37.0 Å². The van der Waals surface area contributed by atoms with E-state index in [0.29, 0.717) is 6.10 Å². The van der Waals surface area contributed by atoms with E-state index in [1.807, 2.05) is 26.1 Å². The standard InChI is InChI=1S/C16H24FNO/c1-12-8-9-15(17)14(11-12)16(18-2)7-3-5-13-6-4-10-19-13/h8-9,11,13,16,18H,3-7,10H2,1-2H3. The van der Waals surface area contributed by atoms with Crippen molar-refractivity contribution < 1.29 is 9.13 Å². The van der Waals surface area contributed by atoms with E-state index in [1.165, 1.54) is 12.8 Å². The van der Waals surface area contributed by atoms with E-state index in [1.54, 1.807) is 6.07 Å². The first-order valence-electron chi connectivity index (χ1n) is 7.25. The highest BCUT2D eigenvalue weighted by Crippen LogP contribution is 2.25. The number of benzene rings is 1. The molecule has 2 rings (SSSR count). The van der Waals surface area contributed by atoms with Crippen molar-refractivity contribution >= 4 is 0 Å². The van der Waals surface area contributed by atoms with Crippen molar-refractivity contribution in [3.63, 3.8) is 0 Å². The maximum absolute atomic E-state index is 13.9. The number of hydrogen-bond donors (Lipinski definition) is 1. The third kappa shape index (κ3) is 4.02. The van der Waals surface area contributed by atoms with Crippen LogP contribution < -0.4 is 5.32 Å². The van der Waals surface area contributed by atoms with Gasteiger partial charge in [-0.05, 0) is 52.1 Å². The van der Waals surface area contributed by atoms with Gasteiger partial charge in [-0.15, -0.1) is 0 Å². The highest BCUT2D eigenvalue weighted by Gasteiger charge is 2.18. The molecule has 106 valence electrons. The lowest BCUT2D eigenvalue weighted by Crippen LogP contribution is -2.18. The summed E-state index contributed by atoms with van der Waals surface area (Å²) in [7, 11) is 1.90. The van der Waals surface area contributed by atoms with Crippen LogP contribution in [0.5, 0.6) is 0 Å². The molecular weight excluding hydrogens is 241 g/mol. The molecule has 1 aromatic carbocycles. The normalized spacial score (nSPS) is 20.7. The molecule has 0 bridgehead atoms. The lowest BCUT2D eigenvalue weighted by Gasteiger charge is -2.19. The average molecular weight is 265 g/mol. The summed E-state index contributed by atoms with van der Waals surface area (Å²) in [5, 5.41) is 3.23. The van der Waals surface area contributed by atoms with Crippen molar-refractivity contribution in [2.24, 2.45) is 0 Å². The predicted octanol–water partition coefficient (Wildman–Crippen LogP) is 3.74. The predicted molar refractivity (Wildman–Crippen MR) is 75.8 cm³/mol. The molecule has 0 saturated carbocycles. The van der Waals surface area contributed by atoms with Gasteiger partial charge >= 0.3 is 0 Å². The van der Waals surface area contributed by atoms with E-state index in [9.17, 15) is 4.39 Å². The molecule has 1 aliphatic heterocycles. The summed E-state index contributed by atoms with van der Waals surface area (Å²) in [4.78, 5) is 0. The minimum atomic E-state index is -0.109. The molecule has 1 aliphatic rings. The summed E-state index contributed by atoms with van der Waals surface area (Å²) in [5.74, 6) is -0.109. The summed E-state index contributed by atoms with van der Waals surface area (Å²) >= 11 is 0. The molecule has 0 amide bonds. The third-order valence-corrected chi connectivity index (χ3v) is 3.92. The minimum Gasteiger partial charge on any atom is -0.378 e. The van der Waals surface area contributed by atoms with Crippen LogP contribution in [0.2, 0.25) is 0 Å². The highest BCUT2D eigenvalue weighted by molar-refractivity contribution is 5.26. The van der Waals surface area contributed by atoms with Crippen molar-refractivity contribution in [1.82, 2.24) is 5.32 Å². The van der Waals surface area contributed by atoms with Gasteiger partial charge in [0.15, 0.2) is 0 Å². The smallest absolute Gasteiger partial charge is 0.127 e. The summed E-state index contributed by atoms with van der Waals surface area (Å²) in [5.41, 5.74) is 1.89. The van der Waals surface area contributed by atoms with Gasteiger partial charge in [-0.1, -0.05) is 17.7 Å². The average Bonchev–Trinajstić information content (AvgIpc) is 2.91. The molecule has 1 aromatic rings. The fourth-order valence-corrected chi connectivity index (χ4v) is 2.81. The van der Waals surface area contributed by atoms with Crippen LogP contribution >= 0.6 is 0 Å². The zero-order chi connectivity index (χ0) is 13.7. The van der Waals surface area contributed by atoms with Crippen molar-refractivity contribution in [2.45, 2.75) is 51.2 Å². The second-order valence-corrected chi connectivity index (χ2v) is 5.43. The molecule has 0 aromatic heterocycles. The quantitative estimate of drug-likeness (QED) is 0.846. The van der Waals surface area contributed by atoms with Crippen molar-refractivity contribution in [1.29, 1.82) is 0 Å². The molecule has 19 heavy (non-hydrogen) atoms. The maximum atomic E-state index is 13.9. The number of nitrogens with one attached hydrogen (secondary N) is 1. The van der Waals surface area contributed by atoms with Gasteiger partial charge in [0.1, 0.15) is 5.82 Å². The Labute approximate surface area is 115 Å².